The molecule has 7 heteroatoms. The Morgan fingerprint density at radius 3 is 2.62 bits per heavy atom. The van der Waals surface area contributed by atoms with Crippen LogP contribution in [0, 0.1) is 0 Å². The first-order valence-corrected chi connectivity index (χ1v) is 6.40. The second kappa shape index (κ2) is 5.90. The van der Waals surface area contributed by atoms with Gasteiger partial charge in [-0.3, -0.25) is 0 Å². The van der Waals surface area contributed by atoms with Crippen molar-refractivity contribution in [1.29, 1.82) is 0 Å². The Balaban J connectivity index is 1.95. The average molecular weight is 291 g/mol. The molecule has 0 bridgehead atoms. The summed E-state index contributed by atoms with van der Waals surface area (Å²) in [6.45, 7) is 5.83. The zero-order valence-corrected chi connectivity index (χ0v) is 12.4. The van der Waals surface area contributed by atoms with Gasteiger partial charge in [0.2, 0.25) is 5.88 Å². The highest BCUT2D eigenvalue weighted by Crippen LogP contribution is 2.18. The van der Waals surface area contributed by atoms with Gasteiger partial charge in [-0.15, -0.1) is 0 Å². The number of esters is 1. The molecule has 2 aromatic heterocycles. The molecule has 2 heterocycles. The van der Waals surface area contributed by atoms with E-state index in [0.717, 1.165) is 0 Å². The van der Waals surface area contributed by atoms with E-state index >= 15 is 0 Å². The van der Waals surface area contributed by atoms with Gasteiger partial charge in [0.05, 0.1) is 12.7 Å². The standard InChI is InChI=1S/C14H17N3O4/c1-14(2,3)13-16-11(21-17-13)8-20-12(18)9-5-6-10(19-4)15-7-9/h5-7H,8H2,1-4H3. The van der Waals surface area contributed by atoms with Crippen molar-refractivity contribution >= 4 is 5.97 Å². The van der Waals surface area contributed by atoms with Gasteiger partial charge in [0, 0.05) is 17.7 Å². The van der Waals surface area contributed by atoms with Gasteiger partial charge < -0.3 is 14.0 Å². The fraction of sp³-hybridized carbons (Fsp3) is 0.429. The van der Waals surface area contributed by atoms with Crippen molar-refractivity contribution in [2.75, 3.05) is 7.11 Å². The monoisotopic (exact) mass is 291 g/mol. The third-order valence-corrected chi connectivity index (χ3v) is 2.65. The van der Waals surface area contributed by atoms with Gasteiger partial charge in [-0.2, -0.15) is 4.98 Å². The number of hydrogen-bond acceptors (Lipinski definition) is 7. The van der Waals surface area contributed by atoms with Gasteiger partial charge in [-0.05, 0) is 6.07 Å². The predicted molar refractivity (Wildman–Crippen MR) is 72.9 cm³/mol. The molecule has 0 atom stereocenters. The SMILES string of the molecule is COc1ccc(C(=O)OCc2nc(C(C)(C)C)no2)cn1. The molecule has 0 spiro atoms. The Morgan fingerprint density at radius 2 is 2.10 bits per heavy atom. The second-order valence-electron chi connectivity index (χ2n) is 5.43. The maximum absolute atomic E-state index is 11.8. The van der Waals surface area contributed by atoms with Gasteiger partial charge >= 0.3 is 5.97 Å². The molecule has 0 saturated heterocycles. The van der Waals surface area contributed by atoms with Crippen LogP contribution in [0.25, 0.3) is 0 Å². The number of methoxy groups -OCH3 is 1. The van der Waals surface area contributed by atoms with Crippen LogP contribution in [0.4, 0.5) is 0 Å². The van der Waals surface area contributed by atoms with E-state index in [1.54, 1.807) is 12.1 Å². The maximum Gasteiger partial charge on any atom is 0.340 e. The van der Waals surface area contributed by atoms with Crippen LogP contribution in [-0.2, 0) is 16.8 Å². The minimum absolute atomic E-state index is 0.0755. The Kier molecular flexibility index (Phi) is 4.21. The largest absolute Gasteiger partial charge is 0.481 e. The van der Waals surface area contributed by atoms with E-state index in [9.17, 15) is 4.79 Å². The lowest BCUT2D eigenvalue weighted by Gasteiger charge is -2.10. The molecule has 0 aliphatic rings. The number of ether oxygens (including phenoxy) is 2. The van der Waals surface area contributed by atoms with Crippen molar-refractivity contribution in [3.05, 3.63) is 35.6 Å². The van der Waals surface area contributed by atoms with Crippen LogP contribution < -0.4 is 4.74 Å². The topological polar surface area (TPSA) is 87.3 Å². The molecule has 0 N–H and O–H groups in total. The first-order chi connectivity index (χ1) is 9.90. The van der Waals surface area contributed by atoms with Crippen LogP contribution in [0.5, 0.6) is 5.88 Å². The van der Waals surface area contributed by atoms with Crippen molar-refractivity contribution in [1.82, 2.24) is 15.1 Å². The van der Waals surface area contributed by atoms with E-state index in [2.05, 4.69) is 15.1 Å². The van der Waals surface area contributed by atoms with E-state index in [1.165, 1.54) is 13.3 Å². The molecule has 0 fully saturated rings. The zero-order valence-electron chi connectivity index (χ0n) is 12.4. The molecule has 7 nitrogen and oxygen atoms in total. The molecule has 0 aliphatic heterocycles. The molecule has 2 aromatic rings. The smallest absolute Gasteiger partial charge is 0.340 e. The first-order valence-electron chi connectivity index (χ1n) is 6.40. The summed E-state index contributed by atoms with van der Waals surface area (Å²) in [6.07, 6.45) is 1.38. The fourth-order valence-electron chi connectivity index (χ4n) is 1.45. The molecule has 2 rings (SSSR count). The van der Waals surface area contributed by atoms with Gasteiger partial charge in [0.1, 0.15) is 0 Å². The molecule has 0 unspecified atom stereocenters. The van der Waals surface area contributed by atoms with Gasteiger partial charge in [-0.25, -0.2) is 9.78 Å². The molecule has 112 valence electrons. The lowest BCUT2D eigenvalue weighted by molar-refractivity contribution is 0.0429. The van der Waals surface area contributed by atoms with Gasteiger partial charge in [-0.1, -0.05) is 25.9 Å². The summed E-state index contributed by atoms with van der Waals surface area (Å²) < 4.78 is 15.1. The molecule has 0 aliphatic carbocycles. The third kappa shape index (κ3) is 3.77. The molecule has 21 heavy (non-hydrogen) atoms. The van der Waals surface area contributed by atoms with Crippen LogP contribution >= 0.6 is 0 Å². The zero-order chi connectivity index (χ0) is 15.5. The normalized spacial score (nSPS) is 11.2. The highest BCUT2D eigenvalue weighted by molar-refractivity contribution is 5.88. The summed E-state index contributed by atoms with van der Waals surface area (Å²) in [5, 5.41) is 3.85. The van der Waals surface area contributed by atoms with Crippen LogP contribution in [0.3, 0.4) is 0 Å². The maximum atomic E-state index is 11.8. The highest BCUT2D eigenvalue weighted by atomic mass is 16.6. The molecule has 0 amide bonds. The summed E-state index contributed by atoms with van der Waals surface area (Å²) in [6, 6.07) is 3.16. The van der Waals surface area contributed by atoms with Crippen molar-refractivity contribution < 1.29 is 18.8 Å². The Labute approximate surface area is 122 Å². The molecule has 0 saturated carbocycles. The summed E-state index contributed by atoms with van der Waals surface area (Å²) in [5.41, 5.74) is 0.109. The van der Waals surface area contributed by atoms with Crippen LogP contribution in [0.1, 0.15) is 42.8 Å². The van der Waals surface area contributed by atoms with Crippen molar-refractivity contribution in [2.24, 2.45) is 0 Å². The van der Waals surface area contributed by atoms with Crippen LogP contribution in [0.15, 0.2) is 22.9 Å². The minimum Gasteiger partial charge on any atom is -0.481 e. The van der Waals surface area contributed by atoms with Gasteiger partial charge in [0.25, 0.3) is 5.89 Å². The number of nitrogens with zero attached hydrogens (tertiary/aromatic N) is 3. The number of hydrogen-bond donors (Lipinski definition) is 0. The number of rotatable bonds is 4. The quantitative estimate of drug-likeness (QED) is 0.797. The third-order valence-electron chi connectivity index (χ3n) is 2.65. The second-order valence-corrected chi connectivity index (χ2v) is 5.43. The number of aromatic nitrogens is 3. The number of carbonyl (C=O) groups is 1. The van der Waals surface area contributed by atoms with E-state index in [1.807, 2.05) is 20.8 Å². The van der Waals surface area contributed by atoms with Crippen LogP contribution in [0.2, 0.25) is 0 Å². The Morgan fingerprint density at radius 1 is 1.33 bits per heavy atom. The summed E-state index contributed by atoms with van der Waals surface area (Å²) in [4.78, 5) is 19.9. The van der Waals surface area contributed by atoms with Crippen LogP contribution in [-0.4, -0.2) is 28.2 Å². The average Bonchev–Trinajstić information content (AvgIpc) is 2.94. The predicted octanol–water partition coefficient (Wildman–Crippen LogP) is 2.13. The summed E-state index contributed by atoms with van der Waals surface area (Å²) >= 11 is 0. The van der Waals surface area contributed by atoms with E-state index in [4.69, 9.17) is 14.0 Å². The first kappa shape index (κ1) is 15.0. The van der Waals surface area contributed by atoms with E-state index in [0.29, 0.717) is 17.3 Å². The molecule has 0 aromatic carbocycles. The summed E-state index contributed by atoms with van der Waals surface area (Å²) in [7, 11) is 1.50. The Bertz CT molecular complexity index is 614. The van der Waals surface area contributed by atoms with Gasteiger partial charge in [0.15, 0.2) is 12.4 Å². The van der Waals surface area contributed by atoms with Crippen molar-refractivity contribution in [2.45, 2.75) is 32.8 Å². The van der Waals surface area contributed by atoms with Crippen molar-refractivity contribution in [3.8, 4) is 5.88 Å². The number of carbonyl (C=O) groups excluding carboxylic acids is 1. The highest BCUT2D eigenvalue weighted by Gasteiger charge is 2.21. The molecular weight excluding hydrogens is 274 g/mol. The van der Waals surface area contributed by atoms with Crippen molar-refractivity contribution in [3.63, 3.8) is 0 Å². The van der Waals surface area contributed by atoms with E-state index in [-0.39, 0.29) is 17.9 Å². The lowest BCUT2D eigenvalue weighted by atomic mass is 9.96. The number of pyridine rings is 1. The molecular formula is C14H17N3O4. The summed E-state index contributed by atoms with van der Waals surface area (Å²) in [5.74, 6) is 0.744. The molecule has 0 radical (unpaired) electrons. The van der Waals surface area contributed by atoms with E-state index < -0.39 is 5.97 Å². The Hall–Kier alpha value is -2.44. The lowest BCUT2D eigenvalue weighted by Crippen LogP contribution is -2.13. The fourth-order valence-corrected chi connectivity index (χ4v) is 1.45. The minimum atomic E-state index is -0.513.